The monoisotopic (exact) mass is 270 g/mol. The fourth-order valence-corrected chi connectivity index (χ4v) is 2.15. The Kier molecular flexibility index (Phi) is 5.31. The molecule has 18 heavy (non-hydrogen) atoms. The number of rotatable bonds is 6. The molecule has 0 spiro atoms. The molecule has 4 nitrogen and oxygen atoms in total. The van der Waals surface area contributed by atoms with Gasteiger partial charge < -0.3 is 5.32 Å². The van der Waals surface area contributed by atoms with Gasteiger partial charge in [0.05, 0.1) is 6.26 Å². The van der Waals surface area contributed by atoms with Crippen molar-refractivity contribution in [2.24, 2.45) is 0 Å². The Morgan fingerprint density at radius 2 is 1.83 bits per heavy atom. The van der Waals surface area contributed by atoms with Gasteiger partial charge in [0.1, 0.15) is 0 Å². The predicted molar refractivity (Wildman–Crippen MR) is 75.2 cm³/mol. The molecule has 0 aliphatic rings. The molecule has 0 saturated carbocycles. The minimum atomic E-state index is -3.09. The van der Waals surface area contributed by atoms with Gasteiger partial charge in [-0.15, -0.1) is 0 Å². The zero-order chi connectivity index (χ0) is 13.8. The van der Waals surface area contributed by atoms with Gasteiger partial charge in [0.15, 0.2) is 0 Å². The van der Waals surface area contributed by atoms with Crippen LogP contribution in [0.2, 0.25) is 0 Å². The largest absolute Gasteiger partial charge is 0.309 e. The van der Waals surface area contributed by atoms with Gasteiger partial charge in [0.25, 0.3) is 0 Å². The van der Waals surface area contributed by atoms with Crippen LogP contribution in [0.25, 0.3) is 0 Å². The summed E-state index contributed by atoms with van der Waals surface area (Å²) in [4.78, 5) is 0. The van der Waals surface area contributed by atoms with Crippen LogP contribution in [0.4, 0.5) is 0 Å². The van der Waals surface area contributed by atoms with Gasteiger partial charge in [-0.05, 0) is 37.5 Å². The second kappa shape index (κ2) is 6.31. The maximum Gasteiger partial charge on any atom is 0.208 e. The van der Waals surface area contributed by atoms with E-state index in [2.05, 4.69) is 49.0 Å². The van der Waals surface area contributed by atoms with Gasteiger partial charge in [-0.1, -0.05) is 18.2 Å². The normalized spacial score (nSPS) is 13.6. The van der Waals surface area contributed by atoms with E-state index >= 15 is 0 Å². The lowest BCUT2D eigenvalue weighted by molar-refractivity contribution is 0.556. The summed E-state index contributed by atoms with van der Waals surface area (Å²) in [6, 6.07) is 6.59. The van der Waals surface area contributed by atoms with Gasteiger partial charge in [0.2, 0.25) is 10.0 Å². The molecule has 1 aromatic rings. The minimum Gasteiger partial charge on any atom is -0.309 e. The number of sulfonamides is 1. The Hall–Kier alpha value is -0.910. The van der Waals surface area contributed by atoms with Crippen molar-refractivity contribution in [3.8, 4) is 0 Å². The average Bonchev–Trinajstić information content (AvgIpc) is 2.26. The average molecular weight is 270 g/mol. The zero-order valence-electron chi connectivity index (χ0n) is 11.4. The standard InChI is InChI=1S/C13H22N2O2S/c1-10-5-6-13(9-11(10)2)12(3)14-7-8-15-18(4,16)17/h5-6,9,12,14-15H,7-8H2,1-4H3. The zero-order valence-corrected chi connectivity index (χ0v) is 12.3. The number of benzene rings is 1. The molecule has 102 valence electrons. The van der Waals surface area contributed by atoms with E-state index < -0.39 is 10.0 Å². The van der Waals surface area contributed by atoms with E-state index in [-0.39, 0.29) is 6.04 Å². The first-order valence-corrected chi connectivity index (χ1v) is 7.94. The Morgan fingerprint density at radius 1 is 1.17 bits per heavy atom. The van der Waals surface area contributed by atoms with E-state index in [9.17, 15) is 8.42 Å². The highest BCUT2D eigenvalue weighted by Gasteiger charge is 2.06. The van der Waals surface area contributed by atoms with Crippen LogP contribution in [0.3, 0.4) is 0 Å². The number of hydrogen-bond acceptors (Lipinski definition) is 3. The van der Waals surface area contributed by atoms with Crippen molar-refractivity contribution in [3.05, 3.63) is 34.9 Å². The van der Waals surface area contributed by atoms with Crippen molar-refractivity contribution in [3.63, 3.8) is 0 Å². The predicted octanol–water partition coefficient (Wildman–Crippen LogP) is 1.50. The maximum atomic E-state index is 10.9. The van der Waals surface area contributed by atoms with Gasteiger partial charge in [-0.2, -0.15) is 0 Å². The topological polar surface area (TPSA) is 58.2 Å². The van der Waals surface area contributed by atoms with Crippen molar-refractivity contribution < 1.29 is 8.42 Å². The third-order valence-corrected chi connectivity index (χ3v) is 3.70. The fraction of sp³-hybridized carbons (Fsp3) is 0.538. The van der Waals surface area contributed by atoms with Crippen molar-refractivity contribution in [2.45, 2.75) is 26.8 Å². The third kappa shape index (κ3) is 5.16. The number of aryl methyl sites for hydroxylation is 2. The second-order valence-electron chi connectivity index (χ2n) is 4.69. The molecule has 0 aliphatic heterocycles. The summed E-state index contributed by atoms with van der Waals surface area (Å²) in [5.41, 5.74) is 3.78. The van der Waals surface area contributed by atoms with Crippen LogP contribution < -0.4 is 10.0 Å². The summed E-state index contributed by atoms with van der Waals surface area (Å²) in [5, 5.41) is 3.29. The molecule has 1 aromatic carbocycles. The van der Waals surface area contributed by atoms with Gasteiger partial charge >= 0.3 is 0 Å². The Bertz CT molecular complexity index is 498. The lowest BCUT2D eigenvalue weighted by Crippen LogP contribution is -2.32. The van der Waals surface area contributed by atoms with Gasteiger partial charge in [0, 0.05) is 19.1 Å². The first kappa shape index (κ1) is 15.1. The molecule has 0 amide bonds. The first-order valence-electron chi connectivity index (χ1n) is 6.05. The van der Waals surface area contributed by atoms with Crippen LogP contribution in [0.1, 0.15) is 29.7 Å². The fourth-order valence-electron chi connectivity index (χ4n) is 1.68. The SMILES string of the molecule is Cc1ccc(C(C)NCCNS(C)(=O)=O)cc1C. The van der Waals surface area contributed by atoms with Crippen LogP contribution in [-0.2, 0) is 10.0 Å². The molecule has 0 bridgehead atoms. The highest BCUT2D eigenvalue weighted by Crippen LogP contribution is 2.16. The van der Waals surface area contributed by atoms with E-state index in [0.717, 1.165) is 0 Å². The summed E-state index contributed by atoms with van der Waals surface area (Å²) in [7, 11) is -3.09. The van der Waals surface area contributed by atoms with Crippen LogP contribution in [0.15, 0.2) is 18.2 Å². The molecule has 1 atom stereocenters. The Balaban J connectivity index is 2.45. The number of nitrogens with one attached hydrogen (secondary N) is 2. The summed E-state index contributed by atoms with van der Waals surface area (Å²) in [5.74, 6) is 0. The lowest BCUT2D eigenvalue weighted by atomic mass is 10.0. The molecule has 2 N–H and O–H groups in total. The van der Waals surface area contributed by atoms with Crippen molar-refractivity contribution >= 4 is 10.0 Å². The van der Waals surface area contributed by atoms with E-state index in [1.807, 2.05) is 0 Å². The van der Waals surface area contributed by atoms with E-state index in [4.69, 9.17) is 0 Å². The molecule has 1 rings (SSSR count). The molecular weight excluding hydrogens is 248 g/mol. The molecule has 0 fully saturated rings. The number of hydrogen-bond donors (Lipinski definition) is 2. The summed E-state index contributed by atoms with van der Waals surface area (Å²) < 4.78 is 24.2. The van der Waals surface area contributed by atoms with Crippen molar-refractivity contribution in [1.82, 2.24) is 10.0 Å². The molecule has 0 aliphatic carbocycles. The van der Waals surface area contributed by atoms with E-state index in [1.165, 1.54) is 22.9 Å². The van der Waals surface area contributed by atoms with E-state index in [0.29, 0.717) is 13.1 Å². The van der Waals surface area contributed by atoms with Crippen molar-refractivity contribution in [1.29, 1.82) is 0 Å². The van der Waals surface area contributed by atoms with Crippen LogP contribution >= 0.6 is 0 Å². The molecule has 0 aromatic heterocycles. The van der Waals surface area contributed by atoms with Crippen LogP contribution in [0.5, 0.6) is 0 Å². The first-order chi connectivity index (χ1) is 8.29. The van der Waals surface area contributed by atoms with E-state index in [1.54, 1.807) is 0 Å². The van der Waals surface area contributed by atoms with Crippen molar-refractivity contribution in [2.75, 3.05) is 19.3 Å². The summed E-state index contributed by atoms with van der Waals surface area (Å²) >= 11 is 0. The molecule has 1 unspecified atom stereocenters. The summed E-state index contributed by atoms with van der Waals surface area (Å²) in [6.45, 7) is 7.28. The third-order valence-electron chi connectivity index (χ3n) is 2.97. The second-order valence-corrected chi connectivity index (χ2v) is 6.52. The molecule has 0 heterocycles. The highest BCUT2D eigenvalue weighted by atomic mass is 32.2. The summed E-state index contributed by atoms with van der Waals surface area (Å²) in [6.07, 6.45) is 1.17. The van der Waals surface area contributed by atoms with Crippen LogP contribution in [-0.4, -0.2) is 27.8 Å². The van der Waals surface area contributed by atoms with Gasteiger partial charge in [-0.3, -0.25) is 0 Å². The molecule has 5 heteroatoms. The molecule has 0 saturated heterocycles. The highest BCUT2D eigenvalue weighted by molar-refractivity contribution is 7.88. The molecule has 0 radical (unpaired) electrons. The quantitative estimate of drug-likeness (QED) is 0.770. The smallest absolute Gasteiger partial charge is 0.208 e. The molecular formula is C13H22N2O2S. The van der Waals surface area contributed by atoms with Gasteiger partial charge in [-0.25, -0.2) is 13.1 Å². The lowest BCUT2D eigenvalue weighted by Gasteiger charge is -2.15. The van der Waals surface area contributed by atoms with Crippen LogP contribution in [0, 0.1) is 13.8 Å². The Labute approximate surface area is 110 Å². The Morgan fingerprint density at radius 3 is 2.39 bits per heavy atom. The minimum absolute atomic E-state index is 0.214. The maximum absolute atomic E-state index is 10.9.